The average Bonchev–Trinajstić information content (AvgIpc) is 2.68. The van der Waals surface area contributed by atoms with Crippen LogP contribution in [0.4, 0.5) is 0 Å². The van der Waals surface area contributed by atoms with E-state index in [9.17, 15) is 14.4 Å². The molecule has 1 unspecified atom stereocenters. The van der Waals surface area contributed by atoms with Crippen LogP contribution in [-0.4, -0.2) is 34.1 Å². The second kappa shape index (κ2) is 10.5. The lowest BCUT2D eigenvalue weighted by Crippen LogP contribution is -2.40. The highest BCUT2D eigenvalue weighted by molar-refractivity contribution is 5.94. The van der Waals surface area contributed by atoms with Crippen LogP contribution in [0.1, 0.15) is 24.0 Å². The highest BCUT2D eigenvalue weighted by atomic mass is 16.5. The van der Waals surface area contributed by atoms with Gasteiger partial charge in [-0.1, -0.05) is 42.5 Å². The summed E-state index contributed by atoms with van der Waals surface area (Å²) in [5.74, 6) is -2.38. The van der Waals surface area contributed by atoms with E-state index in [0.717, 1.165) is 5.56 Å². The zero-order chi connectivity index (χ0) is 20.4. The highest BCUT2D eigenvalue weighted by Crippen LogP contribution is 2.16. The van der Waals surface area contributed by atoms with Crippen LogP contribution in [0.15, 0.2) is 60.7 Å². The number of hydrogen-bond donors (Lipinski definition) is 3. The molecule has 2 aromatic rings. The van der Waals surface area contributed by atoms with Crippen molar-refractivity contribution in [2.24, 2.45) is 0 Å². The maximum absolute atomic E-state index is 11.9. The Labute approximate surface area is 162 Å². The van der Waals surface area contributed by atoms with E-state index in [2.05, 4.69) is 5.32 Å². The van der Waals surface area contributed by atoms with Gasteiger partial charge in [-0.3, -0.25) is 9.59 Å². The summed E-state index contributed by atoms with van der Waals surface area (Å²) in [4.78, 5) is 33.6. The molecular formula is C21H21NO6. The molecule has 1 atom stereocenters. The molecule has 0 spiro atoms. The lowest BCUT2D eigenvalue weighted by Gasteiger charge is -2.11. The SMILES string of the molecule is O=C(O)CCC(NC(=O)/C=C/c1cccc(OCc2ccccc2)c1)C(=O)O. The molecule has 0 bridgehead atoms. The van der Waals surface area contributed by atoms with Crippen LogP contribution >= 0.6 is 0 Å². The average molecular weight is 383 g/mol. The fraction of sp³-hybridized carbons (Fsp3) is 0.190. The molecule has 28 heavy (non-hydrogen) atoms. The summed E-state index contributed by atoms with van der Waals surface area (Å²) in [6, 6.07) is 15.6. The molecule has 0 aromatic heterocycles. The van der Waals surface area contributed by atoms with Crippen LogP contribution < -0.4 is 10.1 Å². The van der Waals surface area contributed by atoms with E-state index in [4.69, 9.17) is 14.9 Å². The van der Waals surface area contributed by atoms with Gasteiger partial charge in [-0.2, -0.15) is 0 Å². The van der Waals surface area contributed by atoms with Crippen molar-refractivity contribution in [3.63, 3.8) is 0 Å². The molecule has 0 aliphatic rings. The number of aliphatic carboxylic acids is 2. The Morgan fingerprint density at radius 3 is 2.46 bits per heavy atom. The number of benzene rings is 2. The number of amides is 1. The van der Waals surface area contributed by atoms with Crippen molar-refractivity contribution in [2.75, 3.05) is 0 Å². The van der Waals surface area contributed by atoms with E-state index < -0.39 is 23.9 Å². The minimum absolute atomic E-state index is 0.187. The molecule has 0 radical (unpaired) electrons. The van der Waals surface area contributed by atoms with Crippen molar-refractivity contribution in [3.05, 3.63) is 71.8 Å². The molecule has 3 N–H and O–H groups in total. The molecule has 0 saturated carbocycles. The fourth-order valence-electron chi connectivity index (χ4n) is 2.37. The van der Waals surface area contributed by atoms with E-state index in [-0.39, 0.29) is 12.8 Å². The van der Waals surface area contributed by atoms with Crippen molar-refractivity contribution in [3.8, 4) is 5.75 Å². The van der Waals surface area contributed by atoms with Gasteiger partial charge in [-0.05, 0) is 35.8 Å². The molecular weight excluding hydrogens is 362 g/mol. The van der Waals surface area contributed by atoms with Crippen molar-refractivity contribution < 1.29 is 29.3 Å². The van der Waals surface area contributed by atoms with Gasteiger partial charge in [0, 0.05) is 12.5 Å². The maximum atomic E-state index is 11.9. The number of carbonyl (C=O) groups excluding carboxylic acids is 1. The lowest BCUT2D eigenvalue weighted by molar-refractivity contribution is -0.142. The van der Waals surface area contributed by atoms with Crippen molar-refractivity contribution in [1.82, 2.24) is 5.32 Å². The van der Waals surface area contributed by atoms with Crippen LogP contribution in [0, 0.1) is 0 Å². The predicted octanol–water partition coefficient (Wildman–Crippen LogP) is 2.71. The minimum Gasteiger partial charge on any atom is -0.489 e. The van der Waals surface area contributed by atoms with Gasteiger partial charge < -0.3 is 20.3 Å². The number of ether oxygens (including phenoxy) is 1. The van der Waals surface area contributed by atoms with E-state index in [1.165, 1.54) is 12.2 Å². The third kappa shape index (κ3) is 7.33. The Kier molecular flexibility index (Phi) is 7.77. The van der Waals surface area contributed by atoms with Crippen molar-refractivity contribution in [1.29, 1.82) is 0 Å². The van der Waals surface area contributed by atoms with Crippen molar-refractivity contribution >= 4 is 23.9 Å². The molecule has 0 aliphatic carbocycles. The highest BCUT2D eigenvalue weighted by Gasteiger charge is 2.19. The molecule has 1 amide bonds. The van der Waals surface area contributed by atoms with Gasteiger partial charge in [0.15, 0.2) is 0 Å². The van der Waals surface area contributed by atoms with Gasteiger partial charge in [0.1, 0.15) is 18.4 Å². The molecule has 0 saturated heterocycles. The van der Waals surface area contributed by atoms with Gasteiger partial charge in [-0.25, -0.2) is 4.79 Å². The summed E-state index contributed by atoms with van der Waals surface area (Å²) in [5.41, 5.74) is 1.74. The minimum atomic E-state index is -1.28. The van der Waals surface area contributed by atoms with Crippen LogP contribution in [0.5, 0.6) is 5.75 Å². The molecule has 146 valence electrons. The monoisotopic (exact) mass is 383 g/mol. The third-order valence-corrected chi connectivity index (χ3v) is 3.80. The predicted molar refractivity (Wildman–Crippen MR) is 103 cm³/mol. The number of hydrogen-bond acceptors (Lipinski definition) is 4. The summed E-state index contributed by atoms with van der Waals surface area (Å²) in [7, 11) is 0. The summed E-state index contributed by atoms with van der Waals surface area (Å²) in [6.07, 6.45) is 2.20. The zero-order valence-electron chi connectivity index (χ0n) is 15.1. The Bertz CT molecular complexity index is 847. The molecule has 2 aromatic carbocycles. The van der Waals surface area contributed by atoms with E-state index >= 15 is 0 Å². The topological polar surface area (TPSA) is 113 Å². The Morgan fingerprint density at radius 1 is 1.04 bits per heavy atom. The maximum Gasteiger partial charge on any atom is 0.326 e. The van der Waals surface area contributed by atoms with Gasteiger partial charge in [0.2, 0.25) is 5.91 Å². The second-order valence-corrected chi connectivity index (χ2v) is 6.01. The number of rotatable bonds is 10. The van der Waals surface area contributed by atoms with Crippen LogP contribution in [-0.2, 0) is 21.0 Å². The Morgan fingerprint density at radius 2 is 1.79 bits per heavy atom. The van der Waals surface area contributed by atoms with Crippen LogP contribution in [0.3, 0.4) is 0 Å². The first-order valence-corrected chi connectivity index (χ1v) is 8.64. The zero-order valence-corrected chi connectivity index (χ0v) is 15.1. The van der Waals surface area contributed by atoms with Gasteiger partial charge in [0.25, 0.3) is 0 Å². The molecule has 7 heteroatoms. The first kappa shape index (κ1) is 20.7. The quantitative estimate of drug-likeness (QED) is 0.544. The van der Waals surface area contributed by atoms with Gasteiger partial charge in [0.05, 0.1) is 0 Å². The lowest BCUT2D eigenvalue weighted by atomic mass is 10.1. The number of carbonyl (C=O) groups is 3. The van der Waals surface area contributed by atoms with Gasteiger partial charge >= 0.3 is 11.9 Å². The molecule has 0 heterocycles. The van der Waals surface area contributed by atoms with Crippen molar-refractivity contribution in [2.45, 2.75) is 25.5 Å². The molecule has 7 nitrogen and oxygen atoms in total. The molecule has 0 aliphatic heterocycles. The summed E-state index contributed by atoms with van der Waals surface area (Å²) < 4.78 is 5.72. The number of nitrogens with one attached hydrogen (secondary N) is 1. The van der Waals surface area contributed by atoms with E-state index in [1.54, 1.807) is 24.3 Å². The van der Waals surface area contributed by atoms with E-state index in [0.29, 0.717) is 17.9 Å². The third-order valence-electron chi connectivity index (χ3n) is 3.80. The molecule has 0 fully saturated rings. The largest absolute Gasteiger partial charge is 0.489 e. The Balaban J connectivity index is 1.92. The van der Waals surface area contributed by atoms with Gasteiger partial charge in [-0.15, -0.1) is 0 Å². The first-order chi connectivity index (χ1) is 13.4. The number of carboxylic acids is 2. The normalized spacial score (nSPS) is 11.7. The summed E-state index contributed by atoms with van der Waals surface area (Å²) in [5, 5.41) is 20.0. The summed E-state index contributed by atoms with van der Waals surface area (Å²) >= 11 is 0. The second-order valence-electron chi connectivity index (χ2n) is 6.01. The molecule has 2 rings (SSSR count). The van der Waals surface area contributed by atoms with Crippen LogP contribution in [0.25, 0.3) is 6.08 Å². The standard InChI is InChI=1S/C21H21NO6/c23-19(22-18(21(26)27)10-12-20(24)25)11-9-15-7-4-8-17(13-15)28-14-16-5-2-1-3-6-16/h1-9,11,13,18H,10,12,14H2,(H,22,23)(H,24,25)(H,26,27)/b11-9+. The van der Waals surface area contributed by atoms with Crippen LogP contribution in [0.2, 0.25) is 0 Å². The fourth-order valence-corrected chi connectivity index (χ4v) is 2.37. The summed E-state index contributed by atoms with van der Waals surface area (Å²) in [6.45, 7) is 0.415. The number of carboxylic acid groups (broad SMARTS) is 2. The smallest absolute Gasteiger partial charge is 0.326 e. The Hall–Kier alpha value is -3.61. The first-order valence-electron chi connectivity index (χ1n) is 8.64. The van der Waals surface area contributed by atoms with E-state index in [1.807, 2.05) is 30.3 Å².